The van der Waals surface area contributed by atoms with Gasteiger partial charge in [0.05, 0.1) is 5.69 Å². The smallest absolute Gasteiger partial charge is 0.178 e. The summed E-state index contributed by atoms with van der Waals surface area (Å²) in [4.78, 5) is 14.0. The van der Waals surface area contributed by atoms with Gasteiger partial charge in [0.1, 0.15) is 5.69 Å². The molecule has 0 saturated carbocycles. The van der Waals surface area contributed by atoms with Crippen molar-refractivity contribution in [2.75, 3.05) is 5.73 Å². The summed E-state index contributed by atoms with van der Waals surface area (Å²) in [7, 11) is 0. The number of aromatic nitrogens is 1. The molecule has 0 saturated heterocycles. The molecule has 0 spiro atoms. The summed E-state index contributed by atoms with van der Waals surface area (Å²) in [5.41, 5.74) is 13.6. The number of H-pyrrole nitrogens is 1. The zero-order chi connectivity index (χ0) is 13.4. The predicted molar refractivity (Wildman–Crippen MR) is 73.1 cm³/mol. The first-order valence-electron chi connectivity index (χ1n) is 5.74. The fourth-order valence-corrected chi connectivity index (χ4v) is 1.59. The quantitative estimate of drug-likeness (QED) is 0.542. The van der Waals surface area contributed by atoms with Crippen LogP contribution in [0.5, 0.6) is 0 Å². The number of nitrogens with one attached hydrogen (secondary N) is 1. The van der Waals surface area contributed by atoms with Crippen molar-refractivity contribution in [1.82, 2.24) is 4.98 Å². The molecule has 5 N–H and O–H groups in total. The zero-order valence-electron chi connectivity index (χ0n) is 10.8. The second kappa shape index (κ2) is 7.68. The lowest BCUT2D eigenvalue weighted by atomic mass is 10.1. The standard InChI is InChI=1S/C11H19N3O.C2H4/c1-7(12)4-3-5-9-6-14-11(8(2)15)10(9)13;1-2/h6-7,14H,3-5,12-13H2,1-2H3;1-2H2/t7-;/m1./s1. The van der Waals surface area contributed by atoms with E-state index in [9.17, 15) is 4.79 Å². The maximum Gasteiger partial charge on any atom is 0.178 e. The summed E-state index contributed by atoms with van der Waals surface area (Å²) in [6.07, 6.45) is 4.65. The van der Waals surface area contributed by atoms with Crippen LogP contribution in [0.3, 0.4) is 0 Å². The van der Waals surface area contributed by atoms with E-state index in [1.54, 1.807) is 0 Å². The number of hydrogen-bond donors (Lipinski definition) is 3. The summed E-state index contributed by atoms with van der Waals surface area (Å²) in [5.74, 6) is -0.0223. The lowest BCUT2D eigenvalue weighted by Gasteiger charge is -2.04. The Bertz CT molecular complexity index is 356. The average molecular weight is 237 g/mol. The molecule has 1 rings (SSSR count). The third kappa shape index (κ3) is 4.87. The Hall–Kier alpha value is -1.55. The summed E-state index contributed by atoms with van der Waals surface area (Å²) < 4.78 is 0. The second-order valence-electron chi connectivity index (χ2n) is 4.03. The molecule has 4 heteroatoms. The monoisotopic (exact) mass is 237 g/mol. The van der Waals surface area contributed by atoms with E-state index in [1.165, 1.54) is 6.92 Å². The highest BCUT2D eigenvalue weighted by molar-refractivity contribution is 5.97. The highest BCUT2D eigenvalue weighted by atomic mass is 16.1. The molecule has 0 aliphatic heterocycles. The molecular weight excluding hydrogens is 214 g/mol. The van der Waals surface area contributed by atoms with Gasteiger partial charge in [-0.05, 0) is 31.7 Å². The first kappa shape index (κ1) is 15.4. The molecule has 0 aliphatic rings. The molecule has 0 bridgehead atoms. The molecule has 0 unspecified atom stereocenters. The lowest BCUT2D eigenvalue weighted by Crippen LogP contribution is -2.14. The van der Waals surface area contributed by atoms with E-state index in [0.717, 1.165) is 24.8 Å². The van der Waals surface area contributed by atoms with Crippen LogP contribution in [0.1, 0.15) is 42.7 Å². The SMILES string of the molecule is C=C.CC(=O)c1[nH]cc(CCC[C@@H](C)N)c1N. The number of ketones is 1. The van der Waals surface area contributed by atoms with Crippen molar-refractivity contribution in [3.63, 3.8) is 0 Å². The molecule has 17 heavy (non-hydrogen) atoms. The van der Waals surface area contributed by atoms with E-state index < -0.39 is 0 Å². The van der Waals surface area contributed by atoms with Gasteiger partial charge in [-0.3, -0.25) is 4.79 Å². The second-order valence-corrected chi connectivity index (χ2v) is 4.03. The summed E-state index contributed by atoms with van der Waals surface area (Å²) in [5, 5.41) is 0. The Balaban J connectivity index is 0.00000121. The first-order valence-corrected chi connectivity index (χ1v) is 5.74. The van der Waals surface area contributed by atoms with Crippen LogP contribution in [0.4, 0.5) is 5.69 Å². The molecule has 0 aromatic carbocycles. The maximum absolute atomic E-state index is 11.1. The third-order valence-electron chi connectivity index (χ3n) is 2.46. The number of hydrogen-bond acceptors (Lipinski definition) is 3. The minimum absolute atomic E-state index is 0.0223. The minimum atomic E-state index is -0.0223. The molecule has 0 radical (unpaired) electrons. The number of carbonyl (C=O) groups is 1. The Morgan fingerprint density at radius 2 is 2.12 bits per heavy atom. The Kier molecular flexibility index (Phi) is 6.98. The molecule has 1 heterocycles. The fraction of sp³-hybridized carbons (Fsp3) is 0.462. The van der Waals surface area contributed by atoms with Crippen molar-refractivity contribution in [3.05, 3.63) is 30.6 Å². The van der Waals surface area contributed by atoms with Gasteiger partial charge >= 0.3 is 0 Å². The number of aryl methyl sites for hydroxylation is 1. The molecule has 1 aromatic rings. The fourth-order valence-electron chi connectivity index (χ4n) is 1.59. The molecule has 1 atom stereocenters. The van der Waals surface area contributed by atoms with E-state index in [0.29, 0.717) is 11.4 Å². The minimum Gasteiger partial charge on any atom is -0.397 e. The third-order valence-corrected chi connectivity index (χ3v) is 2.46. The van der Waals surface area contributed by atoms with Gasteiger partial charge in [0.2, 0.25) is 0 Å². The van der Waals surface area contributed by atoms with Crippen LogP contribution in [0.15, 0.2) is 19.4 Å². The Labute approximate surface area is 103 Å². The number of rotatable bonds is 5. The van der Waals surface area contributed by atoms with E-state index in [4.69, 9.17) is 11.5 Å². The van der Waals surface area contributed by atoms with Crippen molar-refractivity contribution < 1.29 is 4.79 Å². The van der Waals surface area contributed by atoms with Gasteiger partial charge < -0.3 is 16.5 Å². The van der Waals surface area contributed by atoms with Gasteiger partial charge in [-0.1, -0.05) is 0 Å². The van der Waals surface area contributed by atoms with Crippen LogP contribution >= 0.6 is 0 Å². The number of anilines is 1. The van der Waals surface area contributed by atoms with E-state index >= 15 is 0 Å². The highest BCUT2D eigenvalue weighted by Crippen LogP contribution is 2.19. The van der Waals surface area contributed by atoms with Gasteiger partial charge in [0.15, 0.2) is 5.78 Å². The number of nitrogens with two attached hydrogens (primary N) is 2. The normalized spacial score (nSPS) is 11.5. The van der Waals surface area contributed by atoms with Gasteiger partial charge in [0.25, 0.3) is 0 Å². The van der Waals surface area contributed by atoms with Crippen molar-refractivity contribution in [2.24, 2.45) is 5.73 Å². The van der Waals surface area contributed by atoms with E-state index in [1.807, 2.05) is 13.1 Å². The van der Waals surface area contributed by atoms with Gasteiger partial charge in [-0.2, -0.15) is 0 Å². The van der Waals surface area contributed by atoms with Crippen LogP contribution in [0.2, 0.25) is 0 Å². The number of aromatic amines is 1. The van der Waals surface area contributed by atoms with Crippen LogP contribution in [-0.4, -0.2) is 16.8 Å². The highest BCUT2D eigenvalue weighted by Gasteiger charge is 2.10. The van der Waals surface area contributed by atoms with Crippen molar-refractivity contribution in [1.29, 1.82) is 0 Å². The molecule has 4 nitrogen and oxygen atoms in total. The molecule has 96 valence electrons. The molecular formula is C13H23N3O. The van der Waals surface area contributed by atoms with Crippen molar-refractivity contribution in [2.45, 2.75) is 39.2 Å². The van der Waals surface area contributed by atoms with Gasteiger partial charge in [-0.25, -0.2) is 0 Å². The maximum atomic E-state index is 11.1. The van der Waals surface area contributed by atoms with Gasteiger partial charge in [0, 0.05) is 19.2 Å². The summed E-state index contributed by atoms with van der Waals surface area (Å²) in [6, 6.07) is 0.220. The van der Waals surface area contributed by atoms with Crippen LogP contribution < -0.4 is 11.5 Å². The van der Waals surface area contributed by atoms with Crippen LogP contribution in [0.25, 0.3) is 0 Å². The summed E-state index contributed by atoms with van der Waals surface area (Å²) in [6.45, 7) is 9.50. The lowest BCUT2D eigenvalue weighted by molar-refractivity contribution is 0.101. The van der Waals surface area contributed by atoms with Crippen LogP contribution in [-0.2, 0) is 6.42 Å². The average Bonchev–Trinajstić information content (AvgIpc) is 2.63. The first-order chi connectivity index (χ1) is 8.02. The molecule has 1 aromatic heterocycles. The number of Topliss-reactive ketones (excluding diaryl/α,β-unsaturated/α-hetero) is 1. The van der Waals surface area contributed by atoms with Crippen LogP contribution in [0, 0.1) is 0 Å². The Morgan fingerprint density at radius 1 is 1.53 bits per heavy atom. The van der Waals surface area contributed by atoms with E-state index in [-0.39, 0.29) is 11.8 Å². The number of carbonyl (C=O) groups excluding carboxylic acids is 1. The topological polar surface area (TPSA) is 84.9 Å². The zero-order valence-corrected chi connectivity index (χ0v) is 10.8. The number of nitrogen functional groups attached to an aromatic ring is 1. The largest absolute Gasteiger partial charge is 0.397 e. The molecule has 0 amide bonds. The van der Waals surface area contributed by atoms with Crippen molar-refractivity contribution in [3.8, 4) is 0 Å². The molecule has 0 aliphatic carbocycles. The Morgan fingerprint density at radius 3 is 2.53 bits per heavy atom. The predicted octanol–water partition coefficient (Wildman–Crippen LogP) is 2.27. The summed E-state index contributed by atoms with van der Waals surface area (Å²) >= 11 is 0. The van der Waals surface area contributed by atoms with Crippen molar-refractivity contribution >= 4 is 11.5 Å². The molecule has 0 fully saturated rings. The van der Waals surface area contributed by atoms with E-state index in [2.05, 4.69) is 18.1 Å². The van der Waals surface area contributed by atoms with Gasteiger partial charge in [-0.15, -0.1) is 13.2 Å².